The van der Waals surface area contributed by atoms with Gasteiger partial charge in [-0.2, -0.15) is 0 Å². The van der Waals surface area contributed by atoms with Crippen molar-refractivity contribution in [3.63, 3.8) is 0 Å². The molecule has 1 aliphatic rings. The fourth-order valence-corrected chi connectivity index (χ4v) is 2.72. The van der Waals surface area contributed by atoms with E-state index < -0.39 is 0 Å². The summed E-state index contributed by atoms with van der Waals surface area (Å²) in [6.45, 7) is 3.67. The smallest absolute Gasteiger partial charge is 0.148 e. The second kappa shape index (κ2) is 3.47. The van der Waals surface area contributed by atoms with E-state index in [1.807, 2.05) is 17.6 Å². The first-order valence-electron chi connectivity index (χ1n) is 5.36. The van der Waals surface area contributed by atoms with E-state index in [2.05, 4.69) is 5.32 Å². The maximum atomic E-state index is 13.9. The molecule has 1 aromatic heterocycles. The molecule has 2 aromatic rings. The van der Waals surface area contributed by atoms with Crippen molar-refractivity contribution in [2.75, 3.05) is 6.54 Å². The molecule has 0 bridgehead atoms. The molecule has 0 radical (unpaired) electrons. The molecule has 1 aliphatic heterocycles. The van der Waals surface area contributed by atoms with Crippen LogP contribution in [0.1, 0.15) is 11.3 Å². The van der Waals surface area contributed by atoms with Crippen molar-refractivity contribution in [3.8, 4) is 0 Å². The summed E-state index contributed by atoms with van der Waals surface area (Å²) in [5.41, 5.74) is 3.04. The lowest BCUT2D eigenvalue weighted by Crippen LogP contribution is -2.28. The standard InChI is InChI=1S/C12H12ClFN2/c1-7-9-4-8(13)5-10(14)12(9)16-6-15-3-2-11(7)16/h4-5,15H,2-3,6H2,1H3. The number of aryl methyl sites for hydroxylation is 1. The van der Waals surface area contributed by atoms with Crippen LogP contribution in [-0.2, 0) is 13.1 Å². The highest BCUT2D eigenvalue weighted by Gasteiger charge is 2.19. The summed E-state index contributed by atoms with van der Waals surface area (Å²) in [7, 11) is 0. The van der Waals surface area contributed by atoms with Crippen molar-refractivity contribution in [2.45, 2.75) is 20.0 Å². The number of hydrogen-bond acceptors (Lipinski definition) is 1. The molecule has 2 heterocycles. The number of halogens is 2. The van der Waals surface area contributed by atoms with Crippen LogP contribution in [0.4, 0.5) is 4.39 Å². The van der Waals surface area contributed by atoms with Crippen LogP contribution >= 0.6 is 11.6 Å². The lowest BCUT2D eigenvalue weighted by atomic mass is 10.1. The van der Waals surface area contributed by atoms with Gasteiger partial charge in [-0.1, -0.05) is 11.6 Å². The van der Waals surface area contributed by atoms with E-state index in [0.29, 0.717) is 17.2 Å². The summed E-state index contributed by atoms with van der Waals surface area (Å²) in [6.07, 6.45) is 0.942. The highest BCUT2D eigenvalue weighted by atomic mass is 35.5. The van der Waals surface area contributed by atoms with Crippen LogP contribution in [-0.4, -0.2) is 11.1 Å². The summed E-state index contributed by atoms with van der Waals surface area (Å²) in [6, 6.07) is 3.23. The third-order valence-electron chi connectivity index (χ3n) is 3.27. The molecule has 0 saturated heterocycles. The number of aromatic nitrogens is 1. The van der Waals surface area contributed by atoms with Crippen LogP contribution in [0.2, 0.25) is 5.02 Å². The van der Waals surface area contributed by atoms with Gasteiger partial charge in [0.1, 0.15) is 5.82 Å². The van der Waals surface area contributed by atoms with Gasteiger partial charge in [0.05, 0.1) is 12.2 Å². The second-order valence-electron chi connectivity index (χ2n) is 4.19. The Morgan fingerprint density at radius 1 is 1.44 bits per heavy atom. The summed E-state index contributed by atoms with van der Waals surface area (Å²) < 4.78 is 15.9. The van der Waals surface area contributed by atoms with Gasteiger partial charge in [-0.25, -0.2) is 4.39 Å². The fourth-order valence-electron chi connectivity index (χ4n) is 2.51. The van der Waals surface area contributed by atoms with Gasteiger partial charge in [0.25, 0.3) is 0 Å². The van der Waals surface area contributed by atoms with Crippen LogP contribution in [0, 0.1) is 12.7 Å². The van der Waals surface area contributed by atoms with Gasteiger partial charge < -0.3 is 4.57 Å². The van der Waals surface area contributed by atoms with Crippen LogP contribution < -0.4 is 5.32 Å². The lowest BCUT2D eigenvalue weighted by molar-refractivity contribution is 0.498. The molecular formula is C12H12ClFN2. The van der Waals surface area contributed by atoms with Gasteiger partial charge >= 0.3 is 0 Å². The molecule has 1 N–H and O–H groups in total. The fraction of sp³-hybridized carbons (Fsp3) is 0.333. The van der Waals surface area contributed by atoms with Crippen LogP contribution in [0.5, 0.6) is 0 Å². The summed E-state index contributed by atoms with van der Waals surface area (Å²) in [4.78, 5) is 0. The Bertz CT molecular complexity index is 574. The molecule has 0 saturated carbocycles. The van der Waals surface area contributed by atoms with E-state index >= 15 is 0 Å². The van der Waals surface area contributed by atoms with E-state index in [9.17, 15) is 4.39 Å². The normalized spacial score (nSPS) is 15.4. The molecular weight excluding hydrogens is 227 g/mol. The van der Waals surface area contributed by atoms with Gasteiger partial charge in [-0.3, -0.25) is 5.32 Å². The molecule has 0 amide bonds. The molecule has 4 heteroatoms. The number of fused-ring (bicyclic) bond motifs is 3. The van der Waals surface area contributed by atoms with Crippen molar-refractivity contribution >= 4 is 22.5 Å². The molecule has 84 valence electrons. The van der Waals surface area contributed by atoms with Gasteiger partial charge in [0.2, 0.25) is 0 Å². The quantitative estimate of drug-likeness (QED) is 0.747. The molecule has 0 fully saturated rings. The van der Waals surface area contributed by atoms with E-state index in [4.69, 9.17) is 11.6 Å². The number of nitrogens with one attached hydrogen (secondary N) is 1. The number of rotatable bonds is 0. The number of benzene rings is 1. The Morgan fingerprint density at radius 2 is 2.25 bits per heavy atom. The average Bonchev–Trinajstić information content (AvgIpc) is 2.54. The van der Waals surface area contributed by atoms with Crippen molar-refractivity contribution in [1.29, 1.82) is 0 Å². The van der Waals surface area contributed by atoms with Crippen LogP contribution in [0.3, 0.4) is 0 Å². The first-order valence-corrected chi connectivity index (χ1v) is 5.73. The summed E-state index contributed by atoms with van der Waals surface area (Å²) >= 11 is 5.89. The minimum absolute atomic E-state index is 0.236. The lowest BCUT2D eigenvalue weighted by Gasteiger charge is -2.18. The van der Waals surface area contributed by atoms with E-state index in [0.717, 1.165) is 23.9 Å². The molecule has 0 aliphatic carbocycles. The summed E-state index contributed by atoms with van der Waals surface area (Å²) in [5.74, 6) is -0.236. The Balaban J connectivity index is 2.44. The van der Waals surface area contributed by atoms with Crippen molar-refractivity contribution in [2.24, 2.45) is 0 Å². The van der Waals surface area contributed by atoms with Gasteiger partial charge in [-0.15, -0.1) is 0 Å². The molecule has 0 spiro atoms. The molecule has 2 nitrogen and oxygen atoms in total. The third kappa shape index (κ3) is 1.28. The Morgan fingerprint density at radius 3 is 3.06 bits per heavy atom. The van der Waals surface area contributed by atoms with Crippen LogP contribution in [0.25, 0.3) is 10.9 Å². The summed E-state index contributed by atoms with van der Waals surface area (Å²) in [5, 5.41) is 4.65. The largest absolute Gasteiger partial charge is 0.329 e. The van der Waals surface area contributed by atoms with Crippen molar-refractivity contribution in [3.05, 3.63) is 34.2 Å². The van der Waals surface area contributed by atoms with Gasteiger partial charge in [-0.05, 0) is 24.6 Å². The topological polar surface area (TPSA) is 17.0 Å². The maximum absolute atomic E-state index is 13.9. The minimum Gasteiger partial charge on any atom is -0.329 e. The molecule has 3 rings (SSSR count). The first-order chi connectivity index (χ1) is 7.68. The minimum atomic E-state index is -0.236. The van der Waals surface area contributed by atoms with Gasteiger partial charge in [0.15, 0.2) is 0 Å². The zero-order valence-electron chi connectivity index (χ0n) is 8.98. The zero-order valence-corrected chi connectivity index (χ0v) is 9.74. The predicted octanol–water partition coefficient (Wildman–Crippen LogP) is 2.85. The second-order valence-corrected chi connectivity index (χ2v) is 4.63. The Hall–Kier alpha value is -1.06. The van der Waals surface area contributed by atoms with Gasteiger partial charge in [0, 0.05) is 29.1 Å². The first kappa shape index (κ1) is 10.1. The van der Waals surface area contributed by atoms with Crippen molar-refractivity contribution in [1.82, 2.24) is 9.88 Å². The highest BCUT2D eigenvalue weighted by Crippen LogP contribution is 2.31. The number of hydrogen-bond donors (Lipinski definition) is 1. The molecule has 1 aromatic carbocycles. The van der Waals surface area contributed by atoms with E-state index in [-0.39, 0.29) is 5.82 Å². The Labute approximate surface area is 98.0 Å². The van der Waals surface area contributed by atoms with E-state index in [1.54, 1.807) is 0 Å². The number of nitrogens with zero attached hydrogens (tertiary/aromatic N) is 1. The molecule has 0 atom stereocenters. The van der Waals surface area contributed by atoms with Crippen molar-refractivity contribution < 1.29 is 4.39 Å². The van der Waals surface area contributed by atoms with Crippen LogP contribution in [0.15, 0.2) is 12.1 Å². The molecule has 0 unspecified atom stereocenters. The Kier molecular flexibility index (Phi) is 2.19. The van der Waals surface area contributed by atoms with E-state index in [1.165, 1.54) is 11.8 Å². The zero-order chi connectivity index (χ0) is 11.3. The third-order valence-corrected chi connectivity index (χ3v) is 3.49. The molecule has 16 heavy (non-hydrogen) atoms. The SMILES string of the molecule is Cc1c2n(c3c(F)cc(Cl)cc13)CNCC2. The monoisotopic (exact) mass is 238 g/mol. The predicted molar refractivity (Wildman–Crippen MR) is 63.3 cm³/mol. The maximum Gasteiger partial charge on any atom is 0.148 e. The highest BCUT2D eigenvalue weighted by molar-refractivity contribution is 6.31. The average molecular weight is 239 g/mol.